The molecule has 0 unspecified atom stereocenters. The molecule has 92 valence electrons. The molecule has 1 aliphatic rings. The highest BCUT2D eigenvalue weighted by Gasteiger charge is 2.23. The summed E-state index contributed by atoms with van der Waals surface area (Å²) in [6.07, 6.45) is 1.39. The summed E-state index contributed by atoms with van der Waals surface area (Å²) in [5.74, 6) is -0.620. The van der Waals surface area contributed by atoms with Crippen molar-refractivity contribution in [2.75, 3.05) is 13.2 Å². The molecule has 0 saturated carbocycles. The van der Waals surface area contributed by atoms with Crippen molar-refractivity contribution in [3.05, 3.63) is 35.1 Å². The van der Waals surface area contributed by atoms with Gasteiger partial charge in [-0.1, -0.05) is 12.1 Å². The van der Waals surface area contributed by atoms with Crippen LogP contribution in [-0.2, 0) is 11.3 Å². The fourth-order valence-electron chi connectivity index (χ4n) is 2.02. The lowest BCUT2D eigenvalue weighted by Crippen LogP contribution is -2.23. The summed E-state index contributed by atoms with van der Waals surface area (Å²) in [4.78, 5) is 12.1. The summed E-state index contributed by atoms with van der Waals surface area (Å²) in [5.41, 5.74) is 0.597. The first-order chi connectivity index (χ1) is 8.22. The second-order valence-corrected chi connectivity index (χ2v) is 4.22. The second-order valence-electron chi connectivity index (χ2n) is 4.22. The summed E-state index contributed by atoms with van der Waals surface area (Å²) in [7, 11) is 0. The van der Waals surface area contributed by atoms with Crippen LogP contribution in [0, 0.1) is 11.7 Å². The molecule has 0 atom stereocenters. The van der Waals surface area contributed by atoms with Crippen molar-refractivity contribution in [3.63, 3.8) is 0 Å². The lowest BCUT2D eigenvalue weighted by molar-refractivity contribution is 0.0544. The quantitative estimate of drug-likeness (QED) is 0.818. The van der Waals surface area contributed by atoms with Crippen molar-refractivity contribution in [2.45, 2.75) is 19.4 Å². The molecule has 1 heterocycles. The van der Waals surface area contributed by atoms with E-state index in [-0.39, 0.29) is 23.9 Å². The molecule has 0 spiro atoms. The molecular weight excluding hydrogens is 223 g/mol. The molecule has 0 amide bonds. The molecule has 1 saturated heterocycles. The van der Waals surface area contributed by atoms with Gasteiger partial charge in [0, 0.05) is 30.3 Å². The van der Waals surface area contributed by atoms with Crippen molar-refractivity contribution in [1.29, 1.82) is 0 Å². The van der Waals surface area contributed by atoms with E-state index in [4.69, 9.17) is 9.84 Å². The summed E-state index contributed by atoms with van der Waals surface area (Å²) in [5, 5.41) is 8.86. The number of ether oxygens (including phenoxy) is 1. The highest BCUT2D eigenvalue weighted by molar-refractivity contribution is 5.97. The van der Waals surface area contributed by atoms with Gasteiger partial charge in [-0.25, -0.2) is 4.39 Å². The Kier molecular flexibility index (Phi) is 3.86. The Labute approximate surface area is 99.2 Å². The topological polar surface area (TPSA) is 46.5 Å². The lowest BCUT2D eigenvalue weighted by atomic mass is 9.90. The van der Waals surface area contributed by atoms with Crippen molar-refractivity contribution in [1.82, 2.24) is 0 Å². The zero-order chi connectivity index (χ0) is 12.3. The first-order valence-corrected chi connectivity index (χ1v) is 5.73. The summed E-state index contributed by atoms with van der Waals surface area (Å²) in [6.45, 7) is 0.832. The molecule has 4 heteroatoms. The van der Waals surface area contributed by atoms with Crippen LogP contribution in [0.25, 0.3) is 0 Å². The van der Waals surface area contributed by atoms with E-state index in [2.05, 4.69) is 0 Å². The minimum absolute atomic E-state index is 0.0308. The fourth-order valence-corrected chi connectivity index (χ4v) is 2.02. The normalized spacial score (nSPS) is 17.1. The number of benzene rings is 1. The van der Waals surface area contributed by atoms with Crippen LogP contribution in [0.5, 0.6) is 0 Å². The van der Waals surface area contributed by atoms with E-state index in [0.717, 1.165) is 0 Å². The van der Waals surface area contributed by atoms with Crippen LogP contribution in [0.15, 0.2) is 18.2 Å². The maximum absolute atomic E-state index is 13.4. The van der Waals surface area contributed by atoms with E-state index in [9.17, 15) is 9.18 Å². The van der Waals surface area contributed by atoms with Crippen LogP contribution >= 0.6 is 0 Å². The third-order valence-electron chi connectivity index (χ3n) is 3.10. The average Bonchev–Trinajstić information content (AvgIpc) is 2.39. The van der Waals surface area contributed by atoms with E-state index in [1.807, 2.05) is 0 Å². The van der Waals surface area contributed by atoms with Crippen molar-refractivity contribution in [2.24, 2.45) is 5.92 Å². The number of carbonyl (C=O) groups excluding carboxylic acids is 1. The van der Waals surface area contributed by atoms with E-state index >= 15 is 0 Å². The Hall–Kier alpha value is -1.26. The Bertz CT molecular complexity index is 411. The number of hydrogen-bond donors (Lipinski definition) is 1. The van der Waals surface area contributed by atoms with Gasteiger partial charge in [0.15, 0.2) is 5.78 Å². The first-order valence-electron chi connectivity index (χ1n) is 5.73. The number of hydrogen-bond acceptors (Lipinski definition) is 3. The predicted octanol–water partition coefficient (Wildman–Crippen LogP) is 1.93. The number of Topliss-reactive ketones (excluding diaryl/α,β-unsaturated/α-hetero) is 1. The Morgan fingerprint density at radius 1 is 1.41 bits per heavy atom. The molecule has 1 aromatic carbocycles. The van der Waals surface area contributed by atoms with Gasteiger partial charge in [0.25, 0.3) is 0 Å². The van der Waals surface area contributed by atoms with Gasteiger partial charge < -0.3 is 9.84 Å². The van der Waals surface area contributed by atoms with Gasteiger partial charge in [-0.05, 0) is 18.9 Å². The number of aliphatic hydroxyl groups excluding tert-OH is 1. The molecule has 3 nitrogen and oxygen atoms in total. The number of ketones is 1. The largest absolute Gasteiger partial charge is 0.392 e. The number of halogens is 1. The van der Waals surface area contributed by atoms with Gasteiger partial charge in [-0.2, -0.15) is 0 Å². The number of rotatable bonds is 3. The van der Waals surface area contributed by atoms with Crippen molar-refractivity contribution < 1.29 is 19.0 Å². The SMILES string of the molecule is O=C(c1ccc(CO)c(F)c1)C1CCOCC1. The van der Waals surface area contributed by atoms with Gasteiger partial charge in [0.1, 0.15) is 5.82 Å². The highest BCUT2D eigenvalue weighted by Crippen LogP contribution is 2.21. The highest BCUT2D eigenvalue weighted by atomic mass is 19.1. The minimum Gasteiger partial charge on any atom is -0.392 e. The molecule has 2 rings (SSSR count). The molecule has 0 bridgehead atoms. The first kappa shape index (κ1) is 12.2. The van der Waals surface area contributed by atoms with Crippen LogP contribution in [-0.4, -0.2) is 24.1 Å². The van der Waals surface area contributed by atoms with Crippen LogP contribution < -0.4 is 0 Å². The zero-order valence-corrected chi connectivity index (χ0v) is 9.49. The van der Waals surface area contributed by atoms with Crippen molar-refractivity contribution >= 4 is 5.78 Å². The van der Waals surface area contributed by atoms with E-state index in [0.29, 0.717) is 31.6 Å². The monoisotopic (exact) mass is 238 g/mol. The molecular formula is C13H15FO3. The van der Waals surface area contributed by atoms with E-state index < -0.39 is 5.82 Å². The van der Waals surface area contributed by atoms with Crippen LogP contribution in [0.1, 0.15) is 28.8 Å². The minimum atomic E-state index is -0.523. The van der Waals surface area contributed by atoms with Crippen LogP contribution in [0.4, 0.5) is 4.39 Å². The van der Waals surface area contributed by atoms with E-state index in [1.54, 1.807) is 6.07 Å². The third-order valence-corrected chi connectivity index (χ3v) is 3.10. The smallest absolute Gasteiger partial charge is 0.166 e. The summed E-state index contributed by atoms with van der Waals surface area (Å²) < 4.78 is 18.6. The number of carbonyl (C=O) groups is 1. The van der Waals surface area contributed by atoms with Gasteiger partial charge in [-0.3, -0.25) is 4.79 Å². The standard InChI is InChI=1S/C13H15FO3/c14-12-7-10(1-2-11(12)8-15)13(16)9-3-5-17-6-4-9/h1-2,7,9,15H,3-6,8H2. The van der Waals surface area contributed by atoms with Gasteiger partial charge in [0.05, 0.1) is 6.61 Å². The second kappa shape index (κ2) is 5.38. The van der Waals surface area contributed by atoms with Crippen LogP contribution in [0.2, 0.25) is 0 Å². The van der Waals surface area contributed by atoms with Gasteiger partial charge >= 0.3 is 0 Å². The zero-order valence-electron chi connectivity index (χ0n) is 9.49. The van der Waals surface area contributed by atoms with Crippen LogP contribution in [0.3, 0.4) is 0 Å². The van der Waals surface area contributed by atoms with Gasteiger partial charge in [-0.15, -0.1) is 0 Å². The maximum atomic E-state index is 13.4. The number of aliphatic hydroxyl groups is 1. The fraction of sp³-hybridized carbons (Fsp3) is 0.462. The molecule has 1 fully saturated rings. The molecule has 1 aromatic rings. The predicted molar refractivity (Wildman–Crippen MR) is 60.2 cm³/mol. The summed E-state index contributed by atoms with van der Waals surface area (Å²) >= 11 is 0. The Morgan fingerprint density at radius 2 is 2.12 bits per heavy atom. The Morgan fingerprint density at radius 3 is 2.71 bits per heavy atom. The van der Waals surface area contributed by atoms with Crippen molar-refractivity contribution in [3.8, 4) is 0 Å². The van der Waals surface area contributed by atoms with E-state index in [1.165, 1.54) is 12.1 Å². The molecule has 0 aromatic heterocycles. The molecule has 17 heavy (non-hydrogen) atoms. The average molecular weight is 238 g/mol. The molecule has 0 radical (unpaired) electrons. The van der Waals surface area contributed by atoms with Gasteiger partial charge in [0.2, 0.25) is 0 Å². The maximum Gasteiger partial charge on any atom is 0.166 e. The molecule has 0 aliphatic carbocycles. The molecule has 1 N–H and O–H groups in total. The summed E-state index contributed by atoms with van der Waals surface area (Å²) in [6, 6.07) is 4.25. The molecule has 1 aliphatic heterocycles. The lowest BCUT2D eigenvalue weighted by Gasteiger charge is -2.20. The Balaban J connectivity index is 2.16. The third kappa shape index (κ3) is 2.70.